The summed E-state index contributed by atoms with van der Waals surface area (Å²) in [5, 5.41) is 0. The third kappa shape index (κ3) is 3.88. The number of pyridine rings is 1. The molecule has 0 saturated carbocycles. The largest absolute Gasteiger partial charge is 0.438 e. The quantitative estimate of drug-likeness (QED) is 0.724. The molecule has 1 aromatic heterocycles. The highest BCUT2D eigenvalue weighted by Crippen LogP contribution is 2.37. The maximum absolute atomic E-state index is 12.9. The van der Waals surface area contributed by atoms with Gasteiger partial charge in [0, 0.05) is 17.6 Å². The molecule has 0 fully saturated rings. The molecule has 1 heterocycles. The number of nitrogens with zero attached hydrogens (tertiary/aromatic N) is 1. The van der Waals surface area contributed by atoms with Gasteiger partial charge in [0.15, 0.2) is 0 Å². The van der Waals surface area contributed by atoms with Gasteiger partial charge in [0.1, 0.15) is 5.75 Å². The summed E-state index contributed by atoms with van der Waals surface area (Å²) in [6.45, 7) is 1.90. The van der Waals surface area contributed by atoms with E-state index in [0.717, 1.165) is 11.6 Å². The molecule has 0 atom stereocenters. The molecule has 2 nitrogen and oxygen atoms in total. The van der Waals surface area contributed by atoms with Crippen LogP contribution in [0.5, 0.6) is 11.6 Å². The Morgan fingerprint density at radius 3 is 2.52 bits per heavy atom. The summed E-state index contributed by atoms with van der Waals surface area (Å²) in [5.74, 6) is 0.0836. The van der Waals surface area contributed by atoms with Crippen LogP contribution >= 0.6 is 11.6 Å². The normalized spacial score (nSPS) is 11.5. The van der Waals surface area contributed by atoms with Crippen molar-refractivity contribution in [1.82, 2.24) is 4.98 Å². The summed E-state index contributed by atoms with van der Waals surface area (Å²) in [7, 11) is 0. The standard InChI is InChI=1S/C15H13ClF3NO/c1-2-11-7-10(9-16)8-14(20-11)21-13-6-4-3-5-12(13)15(17,18)19/h3-8H,2,9H2,1H3. The molecule has 0 aliphatic carbocycles. The van der Waals surface area contributed by atoms with Gasteiger partial charge >= 0.3 is 6.18 Å². The molecule has 1 aromatic carbocycles. The van der Waals surface area contributed by atoms with Gasteiger partial charge in [-0.05, 0) is 30.2 Å². The number of aryl methyl sites for hydroxylation is 1. The fourth-order valence-corrected chi connectivity index (χ4v) is 1.99. The molecule has 21 heavy (non-hydrogen) atoms. The van der Waals surface area contributed by atoms with Crippen molar-refractivity contribution in [2.24, 2.45) is 0 Å². The van der Waals surface area contributed by atoms with Gasteiger partial charge in [0.25, 0.3) is 0 Å². The van der Waals surface area contributed by atoms with Crippen LogP contribution in [-0.4, -0.2) is 4.98 Å². The van der Waals surface area contributed by atoms with Crippen LogP contribution in [0, 0.1) is 0 Å². The first-order valence-corrected chi connectivity index (χ1v) is 6.87. The Morgan fingerprint density at radius 2 is 1.90 bits per heavy atom. The van der Waals surface area contributed by atoms with Crippen molar-refractivity contribution in [1.29, 1.82) is 0 Å². The highest BCUT2D eigenvalue weighted by molar-refractivity contribution is 6.17. The van der Waals surface area contributed by atoms with E-state index in [1.807, 2.05) is 6.92 Å². The second-order valence-electron chi connectivity index (χ2n) is 4.39. The Bertz CT molecular complexity index is 606. The minimum absolute atomic E-state index is 0.113. The fourth-order valence-electron chi connectivity index (χ4n) is 1.83. The summed E-state index contributed by atoms with van der Waals surface area (Å²) in [6, 6.07) is 8.38. The Morgan fingerprint density at radius 1 is 1.19 bits per heavy atom. The second-order valence-corrected chi connectivity index (χ2v) is 4.66. The van der Waals surface area contributed by atoms with Gasteiger partial charge < -0.3 is 4.74 Å². The maximum Gasteiger partial charge on any atom is 0.419 e. The Hall–Kier alpha value is -1.75. The molecule has 6 heteroatoms. The monoisotopic (exact) mass is 315 g/mol. The lowest BCUT2D eigenvalue weighted by Gasteiger charge is -2.13. The molecule has 0 aliphatic heterocycles. The lowest BCUT2D eigenvalue weighted by molar-refractivity contribution is -0.138. The van der Waals surface area contributed by atoms with Gasteiger partial charge in [0.2, 0.25) is 5.88 Å². The molecule has 0 saturated heterocycles. The Balaban J connectivity index is 2.39. The fraction of sp³-hybridized carbons (Fsp3) is 0.267. The molecular weight excluding hydrogens is 303 g/mol. The number of benzene rings is 1. The first-order valence-electron chi connectivity index (χ1n) is 6.34. The minimum Gasteiger partial charge on any atom is -0.438 e. The van der Waals surface area contributed by atoms with Crippen LogP contribution in [0.1, 0.15) is 23.7 Å². The zero-order valence-electron chi connectivity index (χ0n) is 11.2. The van der Waals surface area contributed by atoms with Crippen LogP contribution < -0.4 is 4.74 Å². The molecule has 112 valence electrons. The third-order valence-corrected chi connectivity index (χ3v) is 3.15. The van der Waals surface area contributed by atoms with Gasteiger partial charge in [-0.1, -0.05) is 19.1 Å². The third-order valence-electron chi connectivity index (χ3n) is 2.84. The van der Waals surface area contributed by atoms with Crippen molar-refractivity contribution >= 4 is 11.6 Å². The summed E-state index contributed by atoms with van der Waals surface area (Å²) in [5.41, 5.74) is 0.636. The highest BCUT2D eigenvalue weighted by Gasteiger charge is 2.34. The zero-order chi connectivity index (χ0) is 15.5. The first-order chi connectivity index (χ1) is 9.94. The Kier molecular flexibility index (Phi) is 4.73. The summed E-state index contributed by atoms with van der Waals surface area (Å²) in [6.07, 6.45) is -3.84. The van der Waals surface area contributed by atoms with Crippen molar-refractivity contribution in [3.05, 3.63) is 53.2 Å². The number of rotatable bonds is 4. The minimum atomic E-state index is -4.48. The number of hydrogen-bond acceptors (Lipinski definition) is 2. The SMILES string of the molecule is CCc1cc(CCl)cc(Oc2ccccc2C(F)(F)F)n1. The van der Waals surface area contributed by atoms with Crippen LogP contribution in [0.25, 0.3) is 0 Å². The topological polar surface area (TPSA) is 22.1 Å². The lowest BCUT2D eigenvalue weighted by atomic mass is 10.2. The van der Waals surface area contributed by atoms with E-state index in [2.05, 4.69) is 4.98 Å². The highest BCUT2D eigenvalue weighted by atomic mass is 35.5. The van der Waals surface area contributed by atoms with Gasteiger partial charge in [-0.3, -0.25) is 0 Å². The number of hydrogen-bond donors (Lipinski definition) is 0. The summed E-state index contributed by atoms with van der Waals surface area (Å²) < 4.78 is 44.1. The van der Waals surface area contributed by atoms with Crippen LogP contribution in [-0.2, 0) is 18.5 Å². The zero-order valence-corrected chi connectivity index (χ0v) is 12.0. The van der Waals surface area contributed by atoms with Gasteiger partial charge in [-0.15, -0.1) is 11.6 Å². The maximum atomic E-state index is 12.9. The number of aromatic nitrogens is 1. The predicted molar refractivity (Wildman–Crippen MR) is 74.7 cm³/mol. The van der Waals surface area contributed by atoms with Gasteiger partial charge in [-0.25, -0.2) is 4.98 Å². The van der Waals surface area contributed by atoms with Gasteiger partial charge in [-0.2, -0.15) is 13.2 Å². The summed E-state index contributed by atoms with van der Waals surface area (Å²) >= 11 is 5.77. The molecule has 2 rings (SSSR count). The van der Waals surface area contributed by atoms with Crippen molar-refractivity contribution in [3.63, 3.8) is 0 Å². The van der Waals surface area contributed by atoms with E-state index >= 15 is 0 Å². The molecule has 2 aromatic rings. The number of para-hydroxylation sites is 1. The van der Waals surface area contributed by atoms with Crippen molar-refractivity contribution in [3.8, 4) is 11.6 Å². The van der Waals surface area contributed by atoms with E-state index in [1.54, 1.807) is 12.1 Å². The van der Waals surface area contributed by atoms with Crippen LogP contribution in [0.15, 0.2) is 36.4 Å². The van der Waals surface area contributed by atoms with Crippen molar-refractivity contribution in [2.45, 2.75) is 25.4 Å². The average molecular weight is 316 g/mol. The smallest absolute Gasteiger partial charge is 0.419 e. The lowest BCUT2D eigenvalue weighted by Crippen LogP contribution is -2.07. The summed E-state index contributed by atoms with van der Waals surface area (Å²) in [4.78, 5) is 4.17. The average Bonchev–Trinajstić information content (AvgIpc) is 2.46. The molecule has 0 radical (unpaired) electrons. The predicted octanol–water partition coefficient (Wildman–Crippen LogP) is 5.19. The van der Waals surface area contributed by atoms with Gasteiger partial charge in [0.05, 0.1) is 5.56 Å². The van der Waals surface area contributed by atoms with E-state index in [-0.39, 0.29) is 17.5 Å². The second kappa shape index (κ2) is 6.35. The van der Waals surface area contributed by atoms with Crippen LogP contribution in [0.2, 0.25) is 0 Å². The molecule has 0 N–H and O–H groups in total. The molecule has 0 aliphatic rings. The van der Waals surface area contributed by atoms with Crippen LogP contribution in [0.3, 0.4) is 0 Å². The number of alkyl halides is 4. The van der Waals surface area contributed by atoms with E-state index in [0.29, 0.717) is 12.1 Å². The van der Waals surface area contributed by atoms with E-state index < -0.39 is 11.7 Å². The van der Waals surface area contributed by atoms with Crippen molar-refractivity contribution < 1.29 is 17.9 Å². The van der Waals surface area contributed by atoms with E-state index in [1.165, 1.54) is 18.2 Å². The molecular formula is C15H13ClF3NO. The Labute approximate surface area is 125 Å². The number of ether oxygens (including phenoxy) is 1. The molecule has 0 unspecified atom stereocenters. The van der Waals surface area contributed by atoms with E-state index in [9.17, 15) is 13.2 Å². The van der Waals surface area contributed by atoms with E-state index in [4.69, 9.17) is 16.3 Å². The molecule has 0 amide bonds. The number of halogens is 4. The molecule has 0 bridgehead atoms. The molecule has 0 spiro atoms. The van der Waals surface area contributed by atoms with Crippen LogP contribution in [0.4, 0.5) is 13.2 Å². The van der Waals surface area contributed by atoms with Crippen molar-refractivity contribution in [2.75, 3.05) is 0 Å². The first kappa shape index (κ1) is 15.6.